The number of ether oxygens (including phenoxy) is 3. The first-order chi connectivity index (χ1) is 23.6. The number of unbranched alkanes of at least 4 members (excludes halogenated alkanes) is 6. The molecule has 8 heteroatoms. The standard InChI is InChI=1S/C41H65NO7/c1-6-8-10-12-14-15-16-17-18-19-20-21-22-23-24-26-28-30-32-40(44)49-37(35-47-34-33-38(41(45)46)42(3,4)5)36-48-39(43)31-29-27-25-13-11-9-7-2/h9-12,14-21,25,27,37-38H,6-8,13,22-24,26,28-36H2,1-5H3/b11-9+,12-10+,15-14+,17-16+,19-18+,21-20+,27-25+. The second-order valence-corrected chi connectivity index (χ2v) is 12.8. The number of likely N-dealkylation sites (N-methyl/N-ethyl adjacent to an activating group) is 1. The number of allylic oxidation sites excluding steroid dienone is 14. The van der Waals surface area contributed by atoms with Crippen molar-refractivity contribution < 1.29 is 38.2 Å². The summed E-state index contributed by atoms with van der Waals surface area (Å²) in [5, 5.41) is 11.5. The van der Waals surface area contributed by atoms with E-state index in [1.807, 2.05) is 48.6 Å². The minimum Gasteiger partial charge on any atom is -0.544 e. The molecule has 0 fully saturated rings. The van der Waals surface area contributed by atoms with Gasteiger partial charge in [0.15, 0.2) is 6.10 Å². The van der Waals surface area contributed by atoms with Crippen LogP contribution in [0.5, 0.6) is 0 Å². The molecule has 0 bridgehead atoms. The average molecular weight is 684 g/mol. The van der Waals surface area contributed by atoms with Gasteiger partial charge in [-0.2, -0.15) is 0 Å². The summed E-state index contributed by atoms with van der Waals surface area (Å²) < 4.78 is 16.9. The lowest BCUT2D eigenvalue weighted by atomic mass is 10.1. The van der Waals surface area contributed by atoms with Crippen molar-refractivity contribution in [3.8, 4) is 0 Å². The van der Waals surface area contributed by atoms with Crippen LogP contribution in [0.1, 0.15) is 104 Å². The molecule has 0 aliphatic carbocycles. The monoisotopic (exact) mass is 683 g/mol. The van der Waals surface area contributed by atoms with Crippen LogP contribution in [0.3, 0.4) is 0 Å². The zero-order valence-electron chi connectivity index (χ0n) is 31.1. The topological polar surface area (TPSA) is 102 Å². The molecule has 0 rings (SSSR count). The predicted octanol–water partition coefficient (Wildman–Crippen LogP) is 7.68. The maximum atomic E-state index is 12.6. The van der Waals surface area contributed by atoms with Crippen molar-refractivity contribution in [2.45, 2.75) is 116 Å². The maximum absolute atomic E-state index is 12.6. The molecule has 0 aromatic rings. The zero-order chi connectivity index (χ0) is 36.4. The van der Waals surface area contributed by atoms with Gasteiger partial charge in [-0.3, -0.25) is 9.59 Å². The Bertz CT molecular complexity index is 1080. The summed E-state index contributed by atoms with van der Waals surface area (Å²) in [6, 6.07) is -0.741. The minimum atomic E-state index is -1.14. The highest BCUT2D eigenvalue weighted by atomic mass is 16.6. The molecule has 49 heavy (non-hydrogen) atoms. The summed E-state index contributed by atoms with van der Waals surface area (Å²) in [5.74, 6) is -1.88. The number of carbonyl (C=O) groups excluding carboxylic acids is 3. The number of esters is 2. The number of aliphatic carboxylic acids is 1. The van der Waals surface area contributed by atoms with Gasteiger partial charge in [0, 0.05) is 19.3 Å². The number of rotatable bonds is 30. The molecule has 0 aliphatic heterocycles. The fourth-order valence-corrected chi connectivity index (χ4v) is 4.57. The number of hydrogen-bond acceptors (Lipinski definition) is 7. The fourth-order valence-electron chi connectivity index (χ4n) is 4.57. The molecule has 2 atom stereocenters. The van der Waals surface area contributed by atoms with Crippen molar-refractivity contribution in [2.75, 3.05) is 41.0 Å². The highest BCUT2D eigenvalue weighted by Crippen LogP contribution is 2.11. The van der Waals surface area contributed by atoms with E-state index in [0.717, 1.165) is 57.8 Å². The molecule has 276 valence electrons. The molecule has 0 saturated carbocycles. The molecule has 2 unspecified atom stereocenters. The highest BCUT2D eigenvalue weighted by molar-refractivity contribution is 5.70. The van der Waals surface area contributed by atoms with Gasteiger partial charge in [-0.25, -0.2) is 0 Å². The van der Waals surface area contributed by atoms with Crippen LogP contribution in [0, 0.1) is 0 Å². The van der Waals surface area contributed by atoms with E-state index in [2.05, 4.69) is 50.3 Å². The first-order valence-electron chi connectivity index (χ1n) is 18.2. The second kappa shape index (κ2) is 31.8. The van der Waals surface area contributed by atoms with E-state index in [9.17, 15) is 19.5 Å². The van der Waals surface area contributed by atoms with E-state index in [-0.39, 0.29) is 55.5 Å². The number of carbonyl (C=O) groups is 3. The second-order valence-electron chi connectivity index (χ2n) is 12.8. The quantitative estimate of drug-likeness (QED) is 0.0252. The minimum absolute atomic E-state index is 0.00631. The van der Waals surface area contributed by atoms with Gasteiger partial charge in [0.1, 0.15) is 12.6 Å². The van der Waals surface area contributed by atoms with Gasteiger partial charge < -0.3 is 28.6 Å². The molecule has 0 aromatic carbocycles. The first kappa shape index (κ1) is 45.5. The molecule has 0 radical (unpaired) electrons. The van der Waals surface area contributed by atoms with E-state index in [1.165, 1.54) is 6.42 Å². The molecule has 0 spiro atoms. The van der Waals surface area contributed by atoms with Crippen LogP contribution in [0.4, 0.5) is 0 Å². The van der Waals surface area contributed by atoms with Crippen LogP contribution >= 0.6 is 0 Å². The van der Waals surface area contributed by atoms with Crippen LogP contribution < -0.4 is 5.11 Å². The van der Waals surface area contributed by atoms with E-state index in [0.29, 0.717) is 6.42 Å². The van der Waals surface area contributed by atoms with Crippen molar-refractivity contribution in [3.63, 3.8) is 0 Å². The first-order valence-corrected chi connectivity index (χ1v) is 18.2. The van der Waals surface area contributed by atoms with Gasteiger partial charge in [-0.15, -0.1) is 0 Å². The number of carboxylic acid groups (broad SMARTS) is 1. The van der Waals surface area contributed by atoms with Crippen molar-refractivity contribution in [3.05, 3.63) is 85.1 Å². The number of hydrogen-bond donors (Lipinski definition) is 0. The van der Waals surface area contributed by atoms with Crippen molar-refractivity contribution >= 4 is 17.9 Å². The molecule has 8 nitrogen and oxygen atoms in total. The van der Waals surface area contributed by atoms with Gasteiger partial charge in [0.05, 0.1) is 40.3 Å². The zero-order valence-corrected chi connectivity index (χ0v) is 31.1. The summed E-state index contributed by atoms with van der Waals surface area (Å²) in [5.41, 5.74) is 0. The average Bonchev–Trinajstić information content (AvgIpc) is 3.05. The Kier molecular flexibility index (Phi) is 29.5. The van der Waals surface area contributed by atoms with Gasteiger partial charge in [-0.1, -0.05) is 125 Å². The summed E-state index contributed by atoms with van der Waals surface area (Å²) >= 11 is 0. The number of nitrogens with zero attached hydrogens (tertiary/aromatic N) is 1. The van der Waals surface area contributed by atoms with Crippen LogP contribution in [0.25, 0.3) is 0 Å². The van der Waals surface area contributed by atoms with Crippen molar-refractivity contribution in [2.24, 2.45) is 0 Å². The molecule has 0 heterocycles. The molecular weight excluding hydrogens is 618 g/mol. The van der Waals surface area contributed by atoms with Gasteiger partial charge in [0.25, 0.3) is 0 Å². The fraction of sp³-hybridized carbons (Fsp3) is 0.585. The molecule has 0 N–H and O–H groups in total. The summed E-state index contributed by atoms with van der Waals surface area (Å²) in [6.07, 6.45) is 39.3. The van der Waals surface area contributed by atoms with Crippen molar-refractivity contribution in [1.82, 2.24) is 0 Å². The Morgan fingerprint density at radius 2 is 1.27 bits per heavy atom. The van der Waals surface area contributed by atoms with Crippen molar-refractivity contribution in [1.29, 1.82) is 0 Å². The van der Waals surface area contributed by atoms with Gasteiger partial charge in [-0.05, 0) is 44.9 Å². The Labute approximate surface area is 297 Å². The smallest absolute Gasteiger partial charge is 0.306 e. The summed E-state index contributed by atoms with van der Waals surface area (Å²) in [6.45, 7) is 4.29. The van der Waals surface area contributed by atoms with Gasteiger partial charge in [0.2, 0.25) is 0 Å². The third-order valence-electron chi connectivity index (χ3n) is 7.39. The predicted molar refractivity (Wildman–Crippen MR) is 198 cm³/mol. The summed E-state index contributed by atoms with van der Waals surface area (Å²) in [4.78, 5) is 36.4. The number of quaternary nitrogens is 1. The lowest BCUT2D eigenvalue weighted by Crippen LogP contribution is -2.55. The van der Waals surface area contributed by atoms with E-state index in [1.54, 1.807) is 21.1 Å². The SMILES string of the molecule is CC/C=C/C/C=C/CCC(=O)OCC(COCCC(C(=O)[O-])[N+](C)(C)C)OC(=O)CCCCCCC/C=C/C=C/C=C/C=C/C=C/CCC. The Morgan fingerprint density at radius 3 is 1.90 bits per heavy atom. The Balaban J connectivity index is 4.50. The van der Waals surface area contributed by atoms with Crippen LogP contribution in [0.2, 0.25) is 0 Å². The maximum Gasteiger partial charge on any atom is 0.306 e. The molecule has 0 aromatic heterocycles. The lowest BCUT2D eigenvalue weighted by Gasteiger charge is -2.34. The normalized spacial score (nSPS) is 14.1. The van der Waals surface area contributed by atoms with E-state index in [4.69, 9.17) is 14.2 Å². The summed E-state index contributed by atoms with van der Waals surface area (Å²) in [7, 11) is 5.35. The largest absolute Gasteiger partial charge is 0.544 e. The van der Waals surface area contributed by atoms with Crippen LogP contribution in [-0.2, 0) is 28.6 Å². The molecule has 0 saturated heterocycles. The third-order valence-corrected chi connectivity index (χ3v) is 7.39. The van der Waals surface area contributed by atoms with E-state index >= 15 is 0 Å². The number of carboxylic acids is 1. The van der Waals surface area contributed by atoms with E-state index < -0.39 is 18.1 Å². The Hall–Kier alpha value is -3.49. The lowest BCUT2D eigenvalue weighted by molar-refractivity contribution is -0.889. The van der Waals surface area contributed by atoms with Crippen LogP contribution in [0.15, 0.2) is 85.1 Å². The Morgan fingerprint density at radius 1 is 0.653 bits per heavy atom. The van der Waals surface area contributed by atoms with Crippen LogP contribution in [-0.4, -0.2) is 75.5 Å². The highest BCUT2D eigenvalue weighted by Gasteiger charge is 2.25. The molecule has 0 amide bonds. The van der Waals surface area contributed by atoms with Gasteiger partial charge >= 0.3 is 11.9 Å². The third kappa shape index (κ3) is 30.3. The molecule has 0 aliphatic rings. The molecular formula is C41H65NO7.